The minimum Gasteiger partial charge on any atom is -0.487 e. The topological polar surface area (TPSA) is 41.9 Å². The summed E-state index contributed by atoms with van der Waals surface area (Å²) in [7, 11) is 0. The number of nitrogens with zero attached hydrogens (tertiary/aromatic N) is 2. The van der Waals surface area contributed by atoms with Gasteiger partial charge in [-0.05, 0) is 113 Å². The van der Waals surface area contributed by atoms with E-state index in [9.17, 15) is 9.18 Å². The van der Waals surface area contributed by atoms with Gasteiger partial charge in [0, 0.05) is 12.1 Å². The third kappa shape index (κ3) is 5.99. The van der Waals surface area contributed by atoms with Crippen LogP contribution in [0.4, 0.5) is 4.39 Å². The number of hydrogen-bond acceptors (Lipinski definition) is 4. The Morgan fingerprint density at radius 3 is 2.29 bits per heavy atom. The second-order valence-corrected chi connectivity index (χ2v) is 10.3. The van der Waals surface area contributed by atoms with Gasteiger partial charge in [0.2, 0.25) is 0 Å². The number of benzene rings is 2. The summed E-state index contributed by atoms with van der Waals surface area (Å²) in [6.07, 6.45) is 1.87. The Bertz CT molecular complexity index is 1010. The monoisotopic (exact) mass is 568 g/mol. The number of amides is 1. The Labute approximate surface area is 203 Å². The molecule has 4 nitrogen and oxygen atoms in total. The fourth-order valence-corrected chi connectivity index (χ4v) is 5.62. The van der Waals surface area contributed by atoms with Crippen molar-refractivity contribution in [2.45, 2.75) is 46.4 Å². The van der Waals surface area contributed by atoms with Crippen molar-refractivity contribution in [2.24, 2.45) is 4.99 Å². The number of carbonyl (C=O) groups is 1. The van der Waals surface area contributed by atoms with Gasteiger partial charge >= 0.3 is 0 Å². The average Bonchev–Trinajstić information content (AvgIpc) is 2.96. The van der Waals surface area contributed by atoms with Crippen molar-refractivity contribution < 1.29 is 13.9 Å². The maximum Gasteiger partial charge on any atom is 0.266 e. The molecule has 31 heavy (non-hydrogen) atoms. The van der Waals surface area contributed by atoms with Gasteiger partial charge in [-0.1, -0.05) is 12.1 Å². The first-order chi connectivity index (χ1) is 14.7. The van der Waals surface area contributed by atoms with E-state index in [1.807, 2.05) is 45.9 Å². The normalized spacial score (nSPS) is 16.9. The van der Waals surface area contributed by atoms with Crippen LogP contribution in [0.2, 0.25) is 0 Å². The lowest BCUT2D eigenvalue weighted by molar-refractivity contribution is -0.123. The number of amidine groups is 1. The first-order valence-corrected chi connectivity index (χ1v) is 12.2. The zero-order valence-electron chi connectivity index (χ0n) is 17.7. The van der Waals surface area contributed by atoms with E-state index in [0.717, 1.165) is 25.2 Å². The van der Waals surface area contributed by atoms with Crippen LogP contribution in [0.3, 0.4) is 0 Å². The van der Waals surface area contributed by atoms with Gasteiger partial charge < -0.3 is 4.74 Å². The maximum atomic E-state index is 13.1. The van der Waals surface area contributed by atoms with Gasteiger partial charge in [-0.2, -0.15) is 0 Å². The van der Waals surface area contributed by atoms with Gasteiger partial charge in [0.15, 0.2) is 5.17 Å². The van der Waals surface area contributed by atoms with E-state index in [4.69, 9.17) is 4.74 Å². The molecule has 1 aliphatic rings. The van der Waals surface area contributed by atoms with Crippen LogP contribution in [0.1, 0.15) is 38.8 Å². The highest BCUT2D eigenvalue weighted by Gasteiger charge is 2.35. The molecule has 0 spiro atoms. The molecule has 1 heterocycles. The fraction of sp³-hybridized carbons (Fsp3) is 0.304. The predicted octanol–water partition coefficient (Wildman–Crippen LogP) is 7.02. The molecule has 0 saturated carbocycles. The van der Waals surface area contributed by atoms with Crippen LogP contribution >= 0.6 is 43.6 Å². The Kier molecular flexibility index (Phi) is 7.99. The van der Waals surface area contributed by atoms with Crippen molar-refractivity contribution >= 4 is 60.8 Å². The van der Waals surface area contributed by atoms with E-state index in [1.165, 1.54) is 23.9 Å². The Morgan fingerprint density at radius 2 is 1.74 bits per heavy atom. The van der Waals surface area contributed by atoms with Gasteiger partial charge in [-0.15, -0.1) is 0 Å². The zero-order valence-corrected chi connectivity index (χ0v) is 21.6. The molecule has 2 aromatic carbocycles. The Balaban J connectivity index is 1.83. The molecule has 1 fully saturated rings. The number of ether oxygens (including phenoxy) is 1. The van der Waals surface area contributed by atoms with Gasteiger partial charge in [0.1, 0.15) is 18.2 Å². The first-order valence-electron chi connectivity index (χ1n) is 9.83. The van der Waals surface area contributed by atoms with Crippen LogP contribution in [0.25, 0.3) is 6.08 Å². The molecule has 0 radical (unpaired) electrons. The summed E-state index contributed by atoms with van der Waals surface area (Å²) >= 11 is 8.51. The Hall–Kier alpha value is -1.64. The van der Waals surface area contributed by atoms with Gasteiger partial charge in [0.05, 0.1) is 13.9 Å². The molecule has 1 amide bonds. The summed E-state index contributed by atoms with van der Waals surface area (Å²) in [6.45, 7) is 8.27. The summed E-state index contributed by atoms with van der Waals surface area (Å²) in [5.41, 5.74) is 1.73. The molecule has 1 saturated heterocycles. The standard InChI is InChI=1S/C23H23Br2FN2O2S/c1-13(2)27-23-28(14(3)4)22(29)20(31-23)11-16-9-18(24)21(19(25)10-16)30-12-15-5-7-17(26)8-6-15/h5-11,13-14H,12H2,1-4H3/b20-11+,27-23?. The van der Waals surface area contributed by atoms with Crippen molar-refractivity contribution in [3.05, 3.63) is 67.2 Å². The summed E-state index contributed by atoms with van der Waals surface area (Å²) in [4.78, 5) is 19.9. The van der Waals surface area contributed by atoms with Crippen LogP contribution in [0.5, 0.6) is 5.75 Å². The number of thioether (sulfide) groups is 1. The molecular formula is C23H23Br2FN2O2S. The highest BCUT2D eigenvalue weighted by molar-refractivity contribution is 9.11. The highest BCUT2D eigenvalue weighted by atomic mass is 79.9. The van der Waals surface area contributed by atoms with Crippen LogP contribution in [0.15, 0.2) is 55.2 Å². The average molecular weight is 570 g/mol. The molecule has 0 aliphatic carbocycles. The fourth-order valence-electron chi connectivity index (χ4n) is 2.94. The van der Waals surface area contributed by atoms with E-state index < -0.39 is 0 Å². The Morgan fingerprint density at radius 1 is 1.13 bits per heavy atom. The lowest BCUT2D eigenvalue weighted by atomic mass is 10.2. The molecule has 0 aromatic heterocycles. The molecule has 0 bridgehead atoms. The predicted molar refractivity (Wildman–Crippen MR) is 133 cm³/mol. The third-order valence-electron chi connectivity index (χ3n) is 4.34. The van der Waals surface area contributed by atoms with Gasteiger partial charge in [-0.25, -0.2) is 4.39 Å². The van der Waals surface area contributed by atoms with E-state index in [1.54, 1.807) is 17.0 Å². The van der Waals surface area contributed by atoms with E-state index in [-0.39, 0.29) is 23.8 Å². The zero-order chi connectivity index (χ0) is 22.7. The molecule has 0 atom stereocenters. The minimum atomic E-state index is -0.277. The quantitative estimate of drug-likeness (QED) is 0.351. The van der Waals surface area contributed by atoms with E-state index in [2.05, 4.69) is 36.9 Å². The second kappa shape index (κ2) is 10.3. The summed E-state index contributed by atoms with van der Waals surface area (Å²) in [5, 5.41) is 0.735. The molecular weight excluding hydrogens is 547 g/mol. The van der Waals surface area contributed by atoms with Crippen LogP contribution in [-0.4, -0.2) is 28.1 Å². The number of carbonyl (C=O) groups excluding carboxylic acids is 1. The maximum absolute atomic E-state index is 13.1. The van der Waals surface area contributed by atoms with E-state index >= 15 is 0 Å². The van der Waals surface area contributed by atoms with Crippen LogP contribution in [0, 0.1) is 5.82 Å². The van der Waals surface area contributed by atoms with Crippen molar-refractivity contribution in [3.63, 3.8) is 0 Å². The first kappa shape index (κ1) is 24.0. The second-order valence-electron chi connectivity index (χ2n) is 7.61. The molecule has 1 aliphatic heterocycles. The minimum absolute atomic E-state index is 0.0316. The SMILES string of the molecule is CC(C)N=C1S/C(=C/c2cc(Br)c(OCc3ccc(F)cc3)c(Br)c2)C(=O)N1C(C)C. The van der Waals surface area contributed by atoms with Gasteiger partial charge in [-0.3, -0.25) is 14.7 Å². The summed E-state index contributed by atoms with van der Waals surface area (Å²) < 4.78 is 20.5. The largest absolute Gasteiger partial charge is 0.487 e. The van der Waals surface area contributed by atoms with Crippen molar-refractivity contribution in [2.75, 3.05) is 0 Å². The number of rotatable bonds is 6. The molecule has 8 heteroatoms. The van der Waals surface area contributed by atoms with Crippen LogP contribution in [-0.2, 0) is 11.4 Å². The molecule has 0 unspecified atom stereocenters. The number of hydrogen-bond donors (Lipinski definition) is 0. The van der Waals surface area contributed by atoms with Crippen LogP contribution < -0.4 is 4.74 Å². The lowest BCUT2D eigenvalue weighted by Gasteiger charge is -2.20. The highest BCUT2D eigenvalue weighted by Crippen LogP contribution is 2.38. The summed E-state index contributed by atoms with van der Waals surface area (Å²) in [5.74, 6) is 0.325. The van der Waals surface area contributed by atoms with Gasteiger partial charge in [0.25, 0.3) is 5.91 Å². The molecule has 2 aromatic rings. The number of aliphatic imine (C=N–C) groups is 1. The van der Waals surface area contributed by atoms with Crippen molar-refractivity contribution in [1.82, 2.24) is 4.90 Å². The molecule has 164 valence electrons. The molecule has 3 rings (SSSR count). The molecule has 0 N–H and O–H groups in total. The smallest absolute Gasteiger partial charge is 0.266 e. The summed E-state index contributed by atoms with van der Waals surface area (Å²) in [6, 6.07) is 10.1. The lowest BCUT2D eigenvalue weighted by Crippen LogP contribution is -2.35. The van der Waals surface area contributed by atoms with E-state index in [0.29, 0.717) is 17.3 Å². The third-order valence-corrected chi connectivity index (χ3v) is 6.51. The van der Waals surface area contributed by atoms with Crippen molar-refractivity contribution in [3.8, 4) is 5.75 Å². The van der Waals surface area contributed by atoms with Crippen molar-refractivity contribution in [1.29, 1.82) is 0 Å². The number of halogens is 3.